The molecule has 0 fully saturated rings. The third-order valence-electron chi connectivity index (χ3n) is 4.77. The number of anilines is 1. The maximum atomic E-state index is 12.5. The van der Waals surface area contributed by atoms with Crippen LogP contribution in [0, 0.1) is 0 Å². The molecule has 148 valence electrons. The number of fused-ring (bicyclic) bond motifs is 1. The van der Waals surface area contributed by atoms with Gasteiger partial charge in [0.2, 0.25) is 5.91 Å². The number of carbonyl (C=O) groups is 2. The summed E-state index contributed by atoms with van der Waals surface area (Å²) in [6, 6.07) is 10.8. The van der Waals surface area contributed by atoms with Gasteiger partial charge in [0.15, 0.2) is 11.5 Å². The van der Waals surface area contributed by atoms with Crippen molar-refractivity contribution in [1.29, 1.82) is 0 Å². The zero-order valence-electron chi connectivity index (χ0n) is 16.3. The standard InChI is InChI=1S/C21H24N2O5/c1-26-18-10-14-8-9-23(12-15(14)11-19(18)27-2)13-20(24)22-17-7-5-4-6-16(17)21(25)28-3/h4-7,10-11H,8-9,12-13H2,1-3H3,(H,22,24). The summed E-state index contributed by atoms with van der Waals surface area (Å²) in [5.74, 6) is 0.732. The van der Waals surface area contributed by atoms with Gasteiger partial charge in [0.05, 0.1) is 39.1 Å². The van der Waals surface area contributed by atoms with E-state index in [2.05, 4.69) is 10.2 Å². The fraction of sp³-hybridized carbons (Fsp3) is 0.333. The van der Waals surface area contributed by atoms with Crippen molar-refractivity contribution in [2.24, 2.45) is 0 Å². The highest BCUT2D eigenvalue weighted by Gasteiger charge is 2.22. The molecule has 7 nitrogen and oxygen atoms in total. The average molecular weight is 384 g/mol. The van der Waals surface area contributed by atoms with Gasteiger partial charge in [-0.15, -0.1) is 0 Å². The Bertz CT molecular complexity index is 881. The summed E-state index contributed by atoms with van der Waals surface area (Å²) in [5.41, 5.74) is 3.10. The van der Waals surface area contributed by atoms with E-state index in [4.69, 9.17) is 14.2 Å². The normalized spacial score (nSPS) is 13.4. The van der Waals surface area contributed by atoms with Crippen LogP contribution in [-0.4, -0.2) is 51.2 Å². The number of nitrogens with one attached hydrogen (secondary N) is 1. The molecule has 7 heteroatoms. The van der Waals surface area contributed by atoms with E-state index in [0.717, 1.165) is 18.5 Å². The minimum Gasteiger partial charge on any atom is -0.493 e. The van der Waals surface area contributed by atoms with Crippen molar-refractivity contribution in [3.05, 3.63) is 53.1 Å². The van der Waals surface area contributed by atoms with Gasteiger partial charge in [-0.2, -0.15) is 0 Å². The van der Waals surface area contributed by atoms with E-state index in [0.29, 0.717) is 29.3 Å². The second-order valence-electron chi connectivity index (χ2n) is 6.52. The summed E-state index contributed by atoms with van der Waals surface area (Å²) in [7, 11) is 4.54. The first-order valence-electron chi connectivity index (χ1n) is 8.99. The molecule has 0 atom stereocenters. The van der Waals surface area contributed by atoms with Crippen molar-refractivity contribution in [1.82, 2.24) is 4.90 Å². The number of methoxy groups -OCH3 is 3. The fourth-order valence-electron chi connectivity index (χ4n) is 3.35. The van der Waals surface area contributed by atoms with E-state index >= 15 is 0 Å². The molecule has 28 heavy (non-hydrogen) atoms. The van der Waals surface area contributed by atoms with Crippen LogP contribution in [0.3, 0.4) is 0 Å². The monoisotopic (exact) mass is 384 g/mol. The minimum atomic E-state index is -0.483. The fourth-order valence-corrected chi connectivity index (χ4v) is 3.35. The van der Waals surface area contributed by atoms with Crippen LogP contribution in [-0.2, 0) is 22.5 Å². The van der Waals surface area contributed by atoms with Crippen LogP contribution in [0.4, 0.5) is 5.69 Å². The lowest BCUT2D eigenvalue weighted by atomic mass is 9.99. The van der Waals surface area contributed by atoms with Gasteiger partial charge in [0, 0.05) is 13.1 Å². The predicted molar refractivity (Wildman–Crippen MR) is 105 cm³/mol. The zero-order valence-corrected chi connectivity index (χ0v) is 16.3. The second-order valence-corrected chi connectivity index (χ2v) is 6.52. The Hall–Kier alpha value is -3.06. The summed E-state index contributed by atoms with van der Waals surface area (Å²) in [6.07, 6.45) is 0.821. The summed E-state index contributed by atoms with van der Waals surface area (Å²) >= 11 is 0. The van der Waals surface area contributed by atoms with Crippen LogP contribution in [0.2, 0.25) is 0 Å². The predicted octanol–water partition coefficient (Wildman–Crippen LogP) is 2.49. The van der Waals surface area contributed by atoms with Gasteiger partial charge in [-0.3, -0.25) is 9.69 Å². The Balaban J connectivity index is 1.68. The van der Waals surface area contributed by atoms with Gasteiger partial charge in [-0.1, -0.05) is 12.1 Å². The smallest absolute Gasteiger partial charge is 0.339 e. The van der Waals surface area contributed by atoms with Crippen LogP contribution < -0.4 is 14.8 Å². The van der Waals surface area contributed by atoms with Crippen molar-refractivity contribution in [2.75, 3.05) is 39.7 Å². The molecule has 0 aliphatic carbocycles. The highest BCUT2D eigenvalue weighted by atomic mass is 16.5. The molecule has 0 aromatic heterocycles. The van der Waals surface area contributed by atoms with Gasteiger partial charge >= 0.3 is 5.97 Å². The molecule has 2 aromatic carbocycles. The summed E-state index contributed by atoms with van der Waals surface area (Å²) in [6.45, 7) is 1.62. The van der Waals surface area contributed by atoms with E-state index in [9.17, 15) is 9.59 Å². The first kappa shape index (κ1) is 19.7. The Kier molecular flexibility index (Phi) is 6.16. The number of benzene rings is 2. The molecule has 1 aliphatic heterocycles. The van der Waals surface area contributed by atoms with Crippen molar-refractivity contribution >= 4 is 17.6 Å². The summed E-state index contributed by atoms with van der Waals surface area (Å²) < 4.78 is 15.5. The van der Waals surface area contributed by atoms with E-state index in [1.54, 1.807) is 38.5 Å². The van der Waals surface area contributed by atoms with E-state index < -0.39 is 5.97 Å². The molecule has 0 bridgehead atoms. The van der Waals surface area contributed by atoms with E-state index in [-0.39, 0.29) is 12.5 Å². The van der Waals surface area contributed by atoms with Crippen molar-refractivity contribution < 1.29 is 23.8 Å². The number of hydrogen-bond donors (Lipinski definition) is 1. The lowest BCUT2D eigenvalue weighted by molar-refractivity contribution is -0.117. The maximum Gasteiger partial charge on any atom is 0.339 e. The summed E-state index contributed by atoms with van der Waals surface area (Å²) in [4.78, 5) is 26.4. The van der Waals surface area contributed by atoms with Gasteiger partial charge in [-0.05, 0) is 41.8 Å². The number of rotatable bonds is 6. The molecule has 1 heterocycles. The first-order chi connectivity index (χ1) is 13.5. The highest BCUT2D eigenvalue weighted by molar-refractivity contribution is 6.01. The number of esters is 1. The Morgan fingerprint density at radius 2 is 1.71 bits per heavy atom. The Morgan fingerprint density at radius 1 is 1.04 bits per heavy atom. The number of carbonyl (C=O) groups excluding carboxylic acids is 2. The van der Waals surface area contributed by atoms with Crippen molar-refractivity contribution in [2.45, 2.75) is 13.0 Å². The van der Waals surface area contributed by atoms with Gasteiger partial charge in [-0.25, -0.2) is 4.79 Å². The molecule has 1 N–H and O–H groups in total. The molecule has 0 radical (unpaired) electrons. The minimum absolute atomic E-state index is 0.180. The zero-order chi connectivity index (χ0) is 20.1. The number of hydrogen-bond acceptors (Lipinski definition) is 6. The van der Waals surface area contributed by atoms with Crippen molar-refractivity contribution in [3.63, 3.8) is 0 Å². The Labute approximate surface area is 164 Å². The third kappa shape index (κ3) is 4.26. The van der Waals surface area contributed by atoms with Crippen LogP contribution in [0.1, 0.15) is 21.5 Å². The lowest BCUT2D eigenvalue weighted by Crippen LogP contribution is -2.37. The quantitative estimate of drug-likeness (QED) is 0.771. The largest absolute Gasteiger partial charge is 0.493 e. The molecule has 1 aliphatic rings. The topological polar surface area (TPSA) is 77.1 Å². The highest BCUT2D eigenvalue weighted by Crippen LogP contribution is 2.33. The average Bonchev–Trinajstić information content (AvgIpc) is 2.72. The Morgan fingerprint density at radius 3 is 2.39 bits per heavy atom. The molecular weight excluding hydrogens is 360 g/mol. The molecule has 2 aromatic rings. The number of ether oxygens (including phenoxy) is 3. The molecular formula is C21H24N2O5. The van der Waals surface area contributed by atoms with E-state index in [1.165, 1.54) is 12.7 Å². The molecule has 0 unspecified atom stereocenters. The molecule has 3 rings (SSSR count). The third-order valence-corrected chi connectivity index (χ3v) is 4.77. The van der Waals surface area contributed by atoms with Crippen LogP contribution in [0.15, 0.2) is 36.4 Å². The van der Waals surface area contributed by atoms with E-state index in [1.807, 2.05) is 12.1 Å². The number of amides is 1. The molecule has 0 saturated heterocycles. The van der Waals surface area contributed by atoms with Gasteiger partial charge < -0.3 is 19.5 Å². The maximum absolute atomic E-state index is 12.5. The number of nitrogens with zero attached hydrogens (tertiary/aromatic N) is 1. The van der Waals surface area contributed by atoms with Crippen LogP contribution in [0.5, 0.6) is 11.5 Å². The SMILES string of the molecule is COC(=O)c1ccccc1NC(=O)CN1CCc2cc(OC)c(OC)cc2C1. The molecule has 1 amide bonds. The number of para-hydroxylation sites is 1. The summed E-state index contributed by atoms with van der Waals surface area (Å²) in [5, 5.41) is 2.81. The first-order valence-corrected chi connectivity index (χ1v) is 8.99. The van der Waals surface area contributed by atoms with Gasteiger partial charge in [0.25, 0.3) is 0 Å². The lowest BCUT2D eigenvalue weighted by Gasteiger charge is -2.29. The second kappa shape index (κ2) is 8.75. The van der Waals surface area contributed by atoms with Gasteiger partial charge in [0.1, 0.15) is 0 Å². The van der Waals surface area contributed by atoms with Crippen molar-refractivity contribution in [3.8, 4) is 11.5 Å². The van der Waals surface area contributed by atoms with Crippen LogP contribution >= 0.6 is 0 Å². The van der Waals surface area contributed by atoms with Crippen LogP contribution in [0.25, 0.3) is 0 Å². The molecule has 0 spiro atoms. The molecule has 0 saturated carbocycles.